The van der Waals surface area contributed by atoms with Crippen molar-refractivity contribution >= 4 is 57.7 Å². The van der Waals surface area contributed by atoms with Crippen molar-refractivity contribution in [1.82, 2.24) is 10.3 Å². The van der Waals surface area contributed by atoms with E-state index in [0.29, 0.717) is 27.7 Å². The van der Waals surface area contributed by atoms with E-state index >= 15 is 0 Å². The van der Waals surface area contributed by atoms with Crippen LogP contribution in [0, 0.1) is 6.92 Å². The second kappa shape index (κ2) is 16.6. The molecule has 0 fully saturated rings. The van der Waals surface area contributed by atoms with Crippen LogP contribution in [-0.2, 0) is 9.59 Å². The van der Waals surface area contributed by atoms with Crippen LogP contribution in [0.2, 0.25) is 0 Å². The number of methoxy groups -OCH3 is 1. The van der Waals surface area contributed by atoms with Crippen molar-refractivity contribution in [3.05, 3.63) is 167 Å². The molecule has 5 aromatic carbocycles. The lowest BCUT2D eigenvalue weighted by Gasteiger charge is -2.17. The van der Waals surface area contributed by atoms with Gasteiger partial charge >= 0.3 is 0 Å². The van der Waals surface area contributed by atoms with Crippen LogP contribution in [0.25, 0.3) is 17.3 Å². The summed E-state index contributed by atoms with van der Waals surface area (Å²) in [6, 6.07) is 40.7. The van der Waals surface area contributed by atoms with E-state index in [1.54, 1.807) is 67.8 Å². The van der Waals surface area contributed by atoms with E-state index in [0.717, 1.165) is 27.3 Å². The number of nitrogens with one attached hydrogen (secondary N) is 3. The van der Waals surface area contributed by atoms with Crippen molar-refractivity contribution < 1.29 is 19.1 Å². The van der Waals surface area contributed by atoms with Gasteiger partial charge in [0, 0.05) is 32.7 Å². The van der Waals surface area contributed by atoms with Crippen LogP contribution >= 0.6 is 23.1 Å². The Hall–Kier alpha value is -5.97. The zero-order chi connectivity index (χ0) is 35.6. The number of amides is 3. The van der Waals surface area contributed by atoms with E-state index in [1.807, 2.05) is 91.2 Å². The fourth-order valence-corrected chi connectivity index (χ4v) is 6.93. The molecule has 0 saturated carbocycles. The molecule has 0 radical (unpaired) electrons. The highest BCUT2D eigenvalue weighted by Gasteiger charge is 2.24. The van der Waals surface area contributed by atoms with Gasteiger partial charge < -0.3 is 20.7 Å². The fraction of sp³-hybridized carbons (Fsp3) is 0.0732. The lowest BCUT2D eigenvalue weighted by molar-refractivity contribution is -0.116. The average molecular weight is 711 g/mol. The topological polar surface area (TPSA) is 109 Å². The number of aromatic nitrogens is 1. The summed E-state index contributed by atoms with van der Waals surface area (Å²) in [5, 5.41) is 10.5. The summed E-state index contributed by atoms with van der Waals surface area (Å²) < 4.78 is 5.48. The standard InChI is InChI=1S/C41H34N4O4S2/c1-27-20-22-28(23-21-27)35-26-50-41(44-35)45-40(48)37(29-12-5-3-6-13-29)51-33-18-11-17-32(25-33)42-39(47)34(24-31-16-9-10-19-36(31)49-2)43-38(46)30-14-7-4-8-15-30/h3-26,37H,1-2H3,(H,42,47)(H,43,46)(H,44,45,48)/b34-24+. The van der Waals surface area contributed by atoms with Crippen LogP contribution in [0.15, 0.2) is 149 Å². The van der Waals surface area contributed by atoms with Gasteiger partial charge in [-0.15, -0.1) is 23.1 Å². The normalized spacial score (nSPS) is 11.7. The number of thiazole rings is 1. The number of carbonyl (C=O) groups is 3. The van der Waals surface area contributed by atoms with Crippen molar-refractivity contribution in [2.45, 2.75) is 17.1 Å². The molecule has 8 nitrogen and oxygen atoms in total. The molecular weight excluding hydrogens is 677 g/mol. The molecule has 0 aliphatic carbocycles. The summed E-state index contributed by atoms with van der Waals surface area (Å²) >= 11 is 2.72. The van der Waals surface area contributed by atoms with Gasteiger partial charge in [0.05, 0.1) is 12.8 Å². The van der Waals surface area contributed by atoms with Crippen LogP contribution in [0.5, 0.6) is 5.75 Å². The SMILES string of the molecule is COc1ccccc1/C=C(/NC(=O)c1ccccc1)C(=O)Nc1cccc(SC(C(=O)Nc2nc(-c3ccc(C)cc3)cs2)c2ccccc2)c1. The summed E-state index contributed by atoms with van der Waals surface area (Å²) in [4.78, 5) is 46.1. The molecule has 254 valence electrons. The predicted molar refractivity (Wildman–Crippen MR) is 206 cm³/mol. The number of thioether (sulfide) groups is 1. The van der Waals surface area contributed by atoms with Crippen LogP contribution in [0.1, 0.15) is 32.3 Å². The number of hydrogen-bond acceptors (Lipinski definition) is 7. The van der Waals surface area contributed by atoms with Crippen LogP contribution in [0.4, 0.5) is 10.8 Å². The number of benzene rings is 5. The number of ether oxygens (including phenoxy) is 1. The van der Waals surface area contributed by atoms with Gasteiger partial charge in [-0.2, -0.15) is 0 Å². The second-order valence-electron chi connectivity index (χ2n) is 11.4. The Bertz CT molecular complexity index is 2170. The first-order valence-corrected chi connectivity index (χ1v) is 17.8. The molecule has 6 rings (SSSR count). The largest absolute Gasteiger partial charge is 0.496 e. The van der Waals surface area contributed by atoms with Crippen LogP contribution in [-0.4, -0.2) is 29.8 Å². The van der Waals surface area contributed by atoms with Gasteiger partial charge in [-0.1, -0.05) is 103 Å². The molecule has 3 amide bonds. The molecule has 0 saturated heterocycles. The molecule has 1 aromatic heterocycles. The lowest BCUT2D eigenvalue weighted by atomic mass is 10.1. The van der Waals surface area contributed by atoms with E-state index in [1.165, 1.54) is 23.1 Å². The van der Waals surface area contributed by atoms with Crippen LogP contribution < -0.4 is 20.7 Å². The quantitative estimate of drug-likeness (QED) is 0.0864. The molecule has 0 spiro atoms. The maximum Gasteiger partial charge on any atom is 0.272 e. The van der Waals surface area contributed by atoms with Gasteiger partial charge in [0.2, 0.25) is 5.91 Å². The van der Waals surface area contributed by atoms with Gasteiger partial charge in [-0.3, -0.25) is 14.4 Å². The minimum Gasteiger partial charge on any atom is -0.496 e. The van der Waals surface area contributed by atoms with Crippen molar-refractivity contribution in [3.63, 3.8) is 0 Å². The molecule has 1 atom stereocenters. The first-order valence-electron chi connectivity index (χ1n) is 16.0. The molecule has 0 bridgehead atoms. The summed E-state index contributed by atoms with van der Waals surface area (Å²) in [7, 11) is 1.54. The minimum atomic E-state index is -0.616. The average Bonchev–Trinajstić information content (AvgIpc) is 3.63. The number of aryl methyl sites for hydroxylation is 1. The molecule has 1 heterocycles. The molecule has 0 aliphatic rings. The highest BCUT2D eigenvalue weighted by atomic mass is 32.2. The Balaban J connectivity index is 1.22. The summed E-state index contributed by atoms with van der Waals surface area (Å²) in [5.74, 6) is -0.641. The van der Waals surface area contributed by atoms with E-state index in [4.69, 9.17) is 4.74 Å². The number of rotatable bonds is 12. The second-order valence-corrected chi connectivity index (χ2v) is 13.4. The van der Waals surface area contributed by atoms with Gasteiger partial charge in [-0.25, -0.2) is 4.98 Å². The summed E-state index contributed by atoms with van der Waals surface area (Å²) in [6.45, 7) is 2.03. The van der Waals surface area contributed by atoms with Crippen molar-refractivity contribution in [1.29, 1.82) is 0 Å². The highest BCUT2D eigenvalue weighted by molar-refractivity contribution is 8.00. The van der Waals surface area contributed by atoms with E-state index < -0.39 is 17.1 Å². The number of para-hydroxylation sites is 1. The third kappa shape index (κ3) is 9.18. The van der Waals surface area contributed by atoms with E-state index in [-0.39, 0.29) is 11.6 Å². The van der Waals surface area contributed by atoms with Gasteiger partial charge in [0.1, 0.15) is 16.7 Å². The van der Waals surface area contributed by atoms with Crippen molar-refractivity contribution in [2.24, 2.45) is 0 Å². The zero-order valence-electron chi connectivity index (χ0n) is 27.8. The number of anilines is 2. The van der Waals surface area contributed by atoms with Gasteiger partial charge in [0.25, 0.3) is 11.8 Å². The maximum absolute atomic E-state index is 13.8. The molecule has 10 heteroatoms. The lowest BCUT2D eigenvalue weighted by Crippen LogP contribution is -2.30. The summed E-state index contributed by atoms with van der Waals surface area (Å²) in [6.07, 6.45) is 1.58. The Kier molecular flexibility index (Phi) is 11.4. The Morgan fingerprint density at radius 1 is 0.804 bits per heavy atom. The van der Waals surface area contributed by atoms with Crippen LogP contribution in [0.3, 0.4) is 0 Å². The Morgan fingerprint density at radius 3 is 2.25 bits per heavy atom. The van der Waals surface area contributed by atoms with E-state index in [9.17, 15) is 14.4 Å². The predicted octanol–water partition coefficient (Wildman–Crippen LogP) is 9.01. The van der Waals surface area contributed by atoms with Gasteiger partial charge in [0.15, 0.2) is 5.13 Å². The molecule has 1 unspecified atom stereocenters. The van der Waals surface area contributed by atoms with Crippen molar-refractivity contribution in [3.8, 4) is 17.0 Å². The van der Waals surface area contributed by atoms with E-state index in [2.05, 4.69) is 20.9 Å². The fourth-order valence-electron chi connectivity index (χ4n) is 5.13. The van der Waals surface area contributed by atoms with Crippen molar-refractivity contribution in [2.75, 3.05) is 17.7 Å². The number of hydrogen-bond donors (Lipinski definition) is 3. The third-order valence-electron chi connectivity index (χ3n) is 7.74. The molecular formula is C41H34N4O4S2. The molecule has 3 N–H and O–H groups in total. The Morgan fingerprint density at radius 2 is 1.51 bits per heavy atom. The van der Waals surface area contributed by atoms with Gasteiger partial charge in [-0.05, 0) is 55.0 Å². The number of nitrogens with zero attached hydrogens (tertiary/aromatic N) is 1. The summed E-state index contributed by atoms with van der Waals surface area (Å²) in [5.41, 5.74) is 5.28. The molecule has 6 aromatic rings. The monoisotopic (exact) mass is 710 g/mol. The third-order valence-corrected chi connectivity index (χ3v) is 9.74. The first-order chi connectivity index (χ1) is 24.9. The number of carbonyl (C=O) groups excluding carboxylic acids is 3. The molecule has 0 aliphatic heterocycles. The highest BCUT2D eigenvalue weighted by Crippen LogP contribution is 2.38. The Labute approximate surface area is 304 Å². The zero-order valence-corrected chi connectivity index (χ0v) is 29.5. The molecule has 51 heavy (non-hydrogen) atoms. The smallest absolute Gasteiger partial charge is 0.272 e. The maximum atomic E-state index is 13.8. The minimum absolute atomic E-state index is 0.0291. The first kappa shape index (κ1) is 34.9.